The zero-order chi connectivity index (χ0) is 16.8. The van der Waals surface area contributed by atoms with Crippen LogP contribution in [0.25, 0.3) is 0 Å². The second kappa shape index (κ2) is 8.08. The molecule has 2 atom stereocenters. The molecule has 1 aromatic heterocycles. The van der Waals surface area contributed by atoms with E-state index in [0.717, 1.165) is 12.4 Å². The van der Waals surface area contributed by atoms with Crippen molar-refractivity contribution in [2.75, 3.05) is 19.7 Å². The van der Waals surface area contributed by atoms with Crippen molar-refractivity contribution in [3.8, 4) is 0 Å². The molecule has 6 heteroatoms. The highest BCUT2D eigenvalue weighted by Crippen LogP contribution is 2.07. The number of amides is 1. The van der Waals surface area contributed by atoms with Gasteiger partial charge >= 0.3 is 0 Å². The van der Waals surface area contributed by atoms with Crippen molar-refractivity contribution < 1.29 is 9.53 Å². The highest BCUT2D eigenvalue weighted by molar-refractivity contribution is 5.82. The van der Waals surface area contributed by atoms with Crippen molar-refractivity contribution in [2.24, 2.45) is 0 Å². The number of ether oxygens (including phenoxy) is 1. The van der Waals surface area contributed by atoms with E-state index in [1.807, 2.05) is 31.3 Å². The first-order valence-electron chi connectivity index (χ1n) is 8.40. The van der Waals surface area contributed by atoms with Gasteiger partial charge in [-0.3, -0.25) is 4.79 Å². The smallest absolute Gasteiger partial charge is 0.239 e. The molecule has 3 rings (SSSR count). The summed E-state index contributed by atoms with van der Waals surface area (Å²) in [4.78, 5) is 16.6. The molecular formula is C18H24N4O2. The number of carbonyl (C=O) groups is 1. The van der Waals surface area contributed by atoms with E-state index in [9.17, 15) is 4.79 Å². The fraction of sp³-hybridized carbons (Fsp3) is 0.444. The maximum absolute atomic E-state index is 12.2. The Hall–Kier alpha value is -2.18. The number of nitrogens with zero attached hydrogens (tertiary/aromatic N) is 2. The number of imidazole rings is 1. The Labute approximate surface area is 142 Å². The summed E-state index contributed by atoms with van der Waals surface area (Å²) in [5.74, 6) is 0.962. The lowest BCUT2D eigenvalue weighted by Gasteiger charge is -2.29. The summed E-state index contributed by atoms with van der Waals surface area (Å²) in [6.45, 7) is 4.64. The minimum atomic E-state index is -0.275. The van der Waals surface area contributed by atoms with E-state index in [-0.39, 0.29) is 18.1 Å². The molecule has 2 aromatic rings. The van der Waals surface area contributed by atoms with Crippen LogP contribution in [0.15, 0.2) is 42.7 Å². The molecule has 2 heterocycles. The van der Waals surface area contributed by atoms with Crippen LogP contribution in [0.5, 0.6) is 0 Å². The van der Waals surface area contributed by atoms with Crippen LogP contribution in [0, 0.1) is 0 Å². The zero-order valence-electron chi connectivity index (χ0n) is 13.9. The zero-order valence-corrected chi connectivity index (χ0v) is 13.9. The average molecular weight is 328 g/mol. The van der Waals surface area contributed by atoms with Crippen molar-refractivity contribution in [1.82, 2.24) is 20.2 Å². The van der Waals surface area contributed by atoms with Crippen LogP contribution in [0.4, 0.5) is 0 Å². The number of hydrogen-bond acceptors (Lipinski definition) is 4. The van der Waals surface area contributed by atoms with Gasteiger partial charge in [0.1, 0.15) is 11.9 Å². The van der Waals surface area contributed by atoms with Crippen molar-refractivity contribution >= 4 is 5.91 Å². The van der Waals surface area contributed by atoms with Crippen LogP contribution in [0.2, 0.25) is 0 Å². The summed E-state index contributed by atoms with van der Waals surface area (Å²) in [6, 6.07) is 10.0. The molecule has 1 aliphatic rings. The molecule has 1 aliphatic heterocycles. The summed E-state index contributed by atoms with van der Waals surface area (Å²) in [5, 5.41) is 6.18. The molecule has 0 saturated carbocycles. The Kier molecular flexibility index (Phi) is 5.61. The lowest BCUT2D eigenvalue weighted by Crippen LogP contribution is -2.55. The van der Waals surface area contributed by atoms with E-state index in [2.05, 4.69) is 32.3 Å². The predicted octanol–water partition coefficient (Wildman–Crippen LogP) is 0.967. The third kappa shape index (κ3) is 4.21. The number of nitrogens with one attached hydrogen (secondary N) is 2. The standard InChI is InChI=1S/C18H24N4O2/c1-14-17(20-10-12-24-14)18(23)21-8-7-16-19-9-11-22(16)13-15-5-3-2-4-6-15/h2-6,9,11,14,17,20H,7-8,10,12-13H2,1H3,(H,21,23)/t14-,17+/m1/s1. The topological polar surface area (TPSA) is 68.2 Å². The lowest BCUT2D eigenvalue weighted by atomic mass is 10.1. The fourth-order valence-electron chi connectivity index (χ4n) is 2.93. The van der Waals surface area contributed by atoms with E-state index in [4.69, 9.17) is 4.74 Å². The van der Waals surface area contributed by atoms with Crippen molar-refractivity contribution in [3.05, 3.63) is 54.1 Å². The van der Waals surface area contributed by atoms with Crippen molar-refractivity contribution in [1.29, 1.82) is 0 Å². The van der Waals surface area contributed by atoms with Gasteiger partial charge in [0.2, 0.25) is 5.91 Å². The van der Waals surface area contributed by atoms with Gasteiger partial charge in [0.05, 0.1) is 12.7 Å². The lowest BCUT2D eigenvalue weighted by molar-refractivity contribution is -0.128. The van der Waals surface area contributed by atoms with E-state index in [1.54, 1.807) is 6.20 Å². The van der Waals surface area contributed by atoms with E-state index < -0.39 is 0 Å². The average Bonchev–Trinajstić information content (AvgIpc) is 3.03. The first-order chi connectivity index (χ1) is 11.7. The van der Waals surface area contributed by atoms with E-state index in [1.165, 1.54) is 5.56 Å². The molecule has 0 bridgehead atoms. The third-order valence-electron chi connectivity index (χ3n) is 4.24. The number of benzene rings is 1. The third-order valence-corrected chi connectivity index (χ3v) is 4.24. The summed E-state index contributed by atoms with van der Waals surface area (Å²) in [6.07, 6.45) is 4.38. The molecule has 0 radical (unpaired) electrons. The van der Waals surface area contributed by atoms with Crippen LogP contribution >= 0.6 is 0 Å². The van der Waals surface area contributed by atoms with Crippen LogP contribution < -0.4 is 10.6 Å². The van der Waals surface area contributed by atoms with Gasteiger partial charge < -0.3 is 19.9 Å². The number of hydrogen-bond donors (Lipinski definition) is 2. The molecule has 1 fully saturated rings. The highest BCUT2D eigenvalue weighted by Gasteiger charge is 2.27. The minimum Gasteiger partial charge on any atom is -0.375 e. The van der Waals surface area contributed by atoms with E-state index in [0.29, 0.717) is 26.1 Å². The van der Waals surface area contributed by atoms with Crippen LogP contribution in [-0.4, -0.2) is 47.3 Å². The van der Waals surface area contributed by atoms with Crippen LogP contribution in [0.3, 0.4) is 0 Å². The summed E-state index contributed by atoms with van der Waals surface area (Å²) in [5.41, 5.74) is 1.23. The quantitative estimate of drug-likeness (QED) is 0.829. The van der Waals surface area contributed by atoms with Crippen LogP contribution in [0.1, 0.15) is 18.3 Å². The second-order valence-corrected chi connectivity index (χ2v) is 6.01. The summed E-state index contributed by atoms with van der Waals surface area (Å²) >= 11 is 0. The largest absolute Gasteiger partial charge is 0.375 e. The van der Waals surface area contributed by atoms with E-state index >= 15 is 0 Å². The fourth-order valence-corrected chi connectivity index (χ4v) is 2.93. The van der Waals surface area contributed by atoms with Gasteiger partial charge in [0, 0.05) is 38.4 Å². The molecule has 2 N–H and O–H groups in total. The van der Waals surface area contributed by atoms with Gasteiger partial charge in [-0.2, -0.15) is 0 Å². The van der Waals surface area contributed by atoms with Gasteiger partial charge in [-0.1, -0.05) is 30.3 Å². The van der Waals surface area contributed by atoms with Crippen molar-refractivity contribution in [2.45, 2.75) is 32.0 Å². The maximum atomic E-state index is 12.2. The SMILES string of the molecule is C[C@H]1OCCN[C@@H]1C(=O)NCCc1nccn1Cc1ccccc1. The molecule has 0 unspecified atom stereocenters. The number of rotatable bonds is 6. The first kappa shape index (κ1) is 16.7. The Morgan fingerprint density at radius 3 is 3.04 bits per heavy atom. The van der Waals surface area contributed by atoms with Gasteiger partial charge in [-0.15, -0.1) is 0 Å². The molecule has 1 aromatic carbocycles. The Morgan fingerprint density at radius 2 is 2.25 bits per heavy atom. The Bertz CT molecular complexity index is 656. The minimum absolute atomic E-state index is 0.0108. The molecule has 1 saturated heterocycles. The predicted molar refractivity (Wildman–Crippen MR) is 91.7 cm³/mol. The molecule has 6 nitrogen and oxygen atoms in total. The summed E-state index contributed by atoms with van der Waals surface area (Å²) < 4.78 is 7.63. The first-order valence-corrected chi connectivity index (χ1v) is 8.40. The monoisotopic (exact) mass is 328 g/mol. The highest BCUT2D eigenvalue weighted by atomic mass is 16.5. The van der Waals surface area contributed by atoms with Crippen molar-refractivity contribution in [3.63, 3.8) is 0 Å². The van der Waals surface area contributed by atoms with Gasteiger partial charge in [0.25, 0.3) is 0 Å². The van der Waals surface area contributed by atoms with Crippen LogP contribution in [-0.2, 0) is 22.5 Å². The van der Waals surface area contributed by atoms with Gasteiger partial charge in [0.15, 0.2) is 0 Å². The number of morpholine rings is 1. The number of carbonyl (C=O) groups excluding carboxylic acids is 1. The molecule has 128 valence electrons. The summed E-state index contributed by atoms with van der Waals surface area (Å²) in [7, 11) is 0. The molecule has 1 amide bonds. The normalized spacial score (nSPS) is 20.7. The number of aromatic nitrogens is 2. The second-order valence-electron chi connectivity index (χ2n) is 6.01. The molecule has 0 aliphatic carbocycles. The molecular weight excluding hydrogens is 304 g/mol. The Morgan fingerprint density at radius 1 is 1.42 bits per heavy atom. The molecule has 24 heavy (non-hydrogen) atoms. The maximum Gasteiger partial charge on any atom is 0.239 e. The van der Waals surface area contributed by atoms with Gasteiger partial charge in [-0.25, -0.2) is 4.98 Å². The van der Waals surface area contributed by atoms with Gasteiger partial charge in [-0.05, 0) is 12.5 Å². The Balaban J connectivity index is 1.50. The molecule has 0 spiro atoms.